The van der Waals surface area contributed by atoms with Gasteiger partial charge in [-0.1, -0.05) is 19.1 Å². The molecule has 1 aromatic rings. The maximum atomic E-state index is 13.8. The van der Waals surface area contributed by atoms with Crippen molar-refractivity contribution in [1.82, 2.24) is 0 Å². The number of ketones is 1. The van der Waals surface area contributed by atoms with E-state index in [-0.39, 0.29) is 29.9 Å². The standard InChI is InChI=1S/C13H18FNO2/c1-8(9(2)15)11(16)7-10-5-4-6-12(17-3)13(10)14/h4-6,8-9H,7,15H2,1-3H3. The maximum Gasteiger partial charge on any atom is 0.168 e. The van der Waals surface area contributed by atoms with Gasteiger partial charge in [0.1, 0.15) is 5.78 Å². The molecule has 3 nitrogen and oxygen atoms in total. The fourth-order valence-electron chi connectivity index (χ4n) is 1.49. The largest absolute Gasteiger partial charge is 0.494 e. The molecule has 0 heterocycles. The summed E-state index contributed by atoms with van der Waals surface area (Å²) in [4.78, 5) is 11.8. The molecule has 2 N–H and O–H groups in total. The predicted molar refractivity (Wildman–Crippen MR) is 64.5 cm³/mol. The third kappa shape index (κ3) is 3.27. The Balaban J connectivity index is 2.85. The van der Waals surface area contributed by atoms with E-state index >= 15 is 0 Å². The van der Waals surface area contributed by atoms with E-state index in [1.165, 1.54) is 13.2 Å². The van der Waals surface area contributed by atoms with Gasteiger partial charge in [0, 0.05) is 18.4 Å². The van der Waals surface area contributed by atoms with Crippen molar-refractivity contribution in [1.29, 1.82) is 0 Å². The zero-order valence-corrected chi connectivity index (χ0v) is 10.4. The lowest BCUT2D eigenvalue weighted by atomic mass is 9.94. The average molecular weight is 239 g/mol. The molecule has 1 aromatic carbocycles. The zero-order valence-electron chi connectivity index (χ0n) is 10.4. The molecule has 0 bridgehead atoms. The van der Waals surface area contributed by atoms with Crippen LogP contribution in [-0.2, 0) is 11.2 Å². The van der Waals surface area contributed by atoms with Crippen molar-refractivity contribution >= 4 is 5.78 Å². The van der Waals surface area contributed by atoms with Gasteiger partial charge in [0.25, 0.3) is 0 Å². The van der Waals surface area contributed by atoms with E-state index in [0.717, 1.165) is 0 Å². The minimum absolute atomic E-state index is 0.0474. The second-order valence-corrected chi connectivity index (χ2v) is 4.22. The molecular formula is C13H18FNO2. The van der Waals surface area contributed by atoms with Crippen LogP contribution in [0, 0.1) is 11.7 Å². The molecule has 17 heavy (non-hydrogen) atoms. The number of rotatable bonds is 5. The summed E-state index contributed by atoms with van der Waals surface area (Å²) < 4.78 is 18.7. The summed E-state index contributed by atoms with van der Waals surface area (Å²) in [5, 5.41) is 0. The smallest absolute Gasteiger partial charge is 0.168 e. The average Bonchev–Trinajstić information content (AvgIpc) is 2.30. The maximum absolute atomic E-state index is 13.8. The molecule has 4 heteroatoms. The Morgan fingerprint density at radius 2 is 2.12 bits per heavy atom. The molecule has 0 spiro atoms. The van der Waals surface area contributed by atoms with Crippen LogP contribution in [0.2, 0.25) is 0 Å². The van der Waals surface area contributed by atoms with E-state index < -0.39 is 5.82 Å². The highest BCUT2D eigenvalue weighted by atomic mass is 19.1. The number of hydrogen-bond acceptors (Lipinski definition) is 3. The monoisotopic (exact) mass is 239 g/mol. The summed E-state index contributed by atoms with van der Waals surface area (Å²) >= 11 is 0. The Morgan fingerprint density at radius 3 is 2.65 bits per heavy atom. The quantitative estimate of drug-likeness (QED) is 0.854. The number of hydrogen-bond donors (Lipinski definition) is 1. The molecule has 94 valence electrons. The number of ether oxygens (including phenoxy) is 1. The molecule has 0 fully saturated rings. The number of halogens is 1. The van der Waals surface area contributed by atoms with Crippen molar-refractivity contribution in [2.24, 2.45) is 11.7 Å². The number of Topliss-reactive ketones (excluding diaryl/α,β-unsaturated/α-hetero) is 1. The molecule has 0 radical (unpaired) electrons. The molecule has 0 amide bonds. The summed E-state index contributed by atoms with van der Waals surface area (Å²) in [7, 11) is 1.40. The van der Waals surface area contributed by atoms with Gasteiger partial charge in [-0.15, -0.1) is 0 Å². The summed E-state index contributed by atoms with van der Waals surface area (Å²) in [6.45, 7) is 3.52. The third-order valence-electron chi connectivity index (χ3n) is 2.92. The number of benzene rings is 1. The van der Waals surface area contributed by atoms with Gasteiger partial charge in [0.15, 0.2) is 11.6 Å². The highest BCUT2D eigenvalue weighted by molar-refractivity contribution is 5.83. The Kier molecular flexibility index (Phi) is 4.63. The molecule has 0 aromatic heterocycles. The fraction of sp³-hybridized carbons (Fsp3) is 0.462. The van der Waals surface area contributed by atoms with Gasteiger partial charge in [-0.25, -0.2) is 4.39 Å². The van der Waals surface area contributed by atoms with E-state index in [4.69, 9.17) is 10.5 Å². The van der Waals surface area contributed by atoms with Gasteiger partial charge in [0.2, 0.25) is 0 Å². The van der Waals surface area contributed by atoms with Gasteiger partial charge < -0.3 is 10.5 Å². The number of carbonyl (C=O) groups excluding carboxylic acids is 1. The first-order chi connectivity index (χ1) is 7.97. The molecule has 2 atom stereocenters. The lowest BCUT2D eigenvalue weighted by Gasteiger charge is -2.14. The fourth-order valence-corrected chi connectivity index (χ4v) is 1.49. The van der Waals surface area contributed by atoms with Crippen molar-refractivity contribution in [3.63, 3.8) is 0 Å². The van der Waals surface area contributed by atoms with Crippen molar-refractivity contribution in [2.75, 3.05) is 7.11 Å². The van der Waals surface area contributed by atoms with Crippen molar-refractivity contribution in [2.45, 2.75) is 26.3 Å². The second kappa shape index (κ2) is 5.77. The number of carbonyl (C=O) groups is 1. The van der Waals surface area contributed by atoms with Crippen LogP contribution in [-0.4, -0.2) is 18.9 Å². The summed E-state index contributed by atoms with van der Waals surface area (Å²) in [6.07, 6.45) is 0.0474. The van der Waals surface area contributed by atoms with Crippen molar-refractivity contribution in [3.8, 4) is 5.75 Å². The Bertz CT molecular complexity index is 404. The molecule has 0 aliphatic rings. The van der Waals surface area contributed by atoms with Crippen LogP contribution in [0.3, 0.4) is 0 Å². The molecule has 0 aliphatic heterocycles. The van der Waals surface area contributed by atoms with Gasteiger partial charge >= 0.3 is 0 Å². The minimum Gasteiger partial charge on any atom is -0.494 e. The highest BCUT2D eigenvalue weighted by Gasteiger charge is 2.19. The van der Waals surface area contributed by atoms with Crippen LogP contribution >= 0.6 is 0 Å². The van der Waals surface area contributed by atoms with Crippen LogP contribution in [0.4, 0.5) is 4.39 Å². The first-order valence-electron chi connectivity index (χ1n) is 5.57. The minimum atomic E-state index is -0.472. The lowest BCUT2D eigenvalue weighted by Crippen LogP contribution is -2.31. The molecule has 0 saturated heterocycles. The molecule has 0 saturated carbocycles. The Labute approximate surface area is 101 Å². The van der Waals surface area contributed by atoms with Crippen LogP contribution in [0.15, 0.2) is 18.2 Å². The van der Waals surface area contributed by atoms with E-state index in [0.29, 0.717) is 5.56 Å². The number of methoxy groups -OCH3 is 1. The molecule has 0 aliphatic carbocycles. The van der Waals surface area contributed by atoms with Gasteiger partial charge in [0.05, 0.1) is 7.11 Å². The molecule has 2 unspecified atom stereocenters. The normalized spacial score (nSPS) is 14.2. The third-order valence-corrected chi connectivity index (χ3v) is 2.92. The van der Waals surface area contributed by atoms with Gasteiger partial charge in [-0.3, -0.25) is 4.79 Å². The topological polar surface area (TPSA) is 52.3 Å². The first-order valence-corrected chi connectivity index (χ1v) is 5.57. The lowest BCUT2D eigenvalue weighted by molar-refractivity contribution is -0.122. The highest BCUT2D eigenvalue weighted by Crippen LogP contribution is 2.21. The molecular weight excluding hydrogens is 221 g/mol. The van der Waals surface area contributed by atoms with Gasteiger partial charge in [-0.05, 0) is 18.6 Å². The zero-order chi connectivity index (χ0) is 13.0. The van der Waals surface area contributed by atoms with E-state index in [2.05, 4.69) is 0 Å². The first kappa shape index (κ1) is 13.6. The van der Waals surface area contributed by atoms with Crippen LogP contribution in [0.5, 0.6) is 5.75 Å². The Hall–Kier alpha value is -1.42. The predicted octanol–water partition coefficient (Wildman–Crippen LogP) is 1.93. The van der Waals surface area contributed by atoms with Gasteiger partial charge in [-0.2, -0.15) is 0 Å². The number of nitrogens with two attached hydrogens (primary N) is 1. The van der Waals surface area contributed by atoms with E-state index in [1.807, 2.05) is 0 Å². The molecule has 1 rings (SSSR count). The van der Waals surface area contributed by atoms with Crippen molar-refractivity contribution < 1.29 is 13.9 Å². The van der Waals surface area contributed by atoms with Crippen LogP contribution < -0.4 is 10.5 Å². The van der Waals surface area contributed by atoms with Crippen LogP contribution in [0.1, 0.15) is 19.4 Å². The van der Waals surface area contributed by atoms with Crippen LogP contribution in [0.25, 0.3) is 0 Å². The summed E-state index contributed by atoms with van der Waals surface area (Å²) in [6, 6.07) is 4.56. The SMILES string of the molecule is COc1cccc(CC(=O)C(C)C(C)N)c1F. The second-order valence-electron chi connectivity index (χ2n) is 4.22. The Morgan fingerprint density at radius 1 is 1.47 bits per heavy atom. The van der Waals surface area contributed by atoms with Crippen molar-refractivity contribution in [3.05, 3.63) is 29.6 Å². The summed E-state index contributed by atoms with van der Waals surface area (Å²) in [5.74, 6) is -0.656. The summed E-state index contributed by atoms with van der Waals surface area (Å²) in [5.41, 5.74) is 5.99. The van der Waals surface area contributed by atoms with E-state index in [1.54, 1.807) is 26.0 Å². The van der Waals surface area contributed by atoms with E-state index in [9.17, 15) is 9.18 Å².